The number of hydrogen-bond donors (Lipinski definition) is 1. The molecule has 0 bridgehead atoms. The summed E-state index contributed by atoms with van der Waals surface area (Å²) in [5, 5.41) is 9.06. The number of esters is 1. The largest absolute Gasteiger partial charge is 0.461 e. The van der Waals surface area contributed by atoms with Crippen molar-refractivity contribution in [2.45, 2.75) is 57.6 Å². The van der Waals surface area contributed by atoms with E-state index in [1.807, 2.05) is 49.4 Å². The van der Waals surface area contributed by atoms with Gasteiger partial charge >= 0.3 is 5.97 Å². The van der Waals surface area contributed by atoms with Crippen LogP contribution in [-0.2, 0) is 16.0 Å². The van der Waals surface area contributed by atoms with E-state index in [0.29, 0.717) is 38.4 Å². The van der Waals surface area contributed by atoms with Crippen LogP contribution < -0.4 is 5.32 Å². The molecule has 0 spiro atoms. The molecule has 1 atom stereocenters. The molecule has 1 fully saturated rings. The number of halogens is 3. The number of hydrogen-bond acceptors (Lipinski definition) is 4. The van der Waals surface area contributed by atoms with Crippen molar-refractivity contribution in [1.82, 2.24) is 15.1 Å². The number of amides is 1. The molecule has 5 rings (SSSR count). The van der Waals surface area contributed by atoms with Crippen LogP contribution >= 0.6 is 34.8 Å². The first kappa shape index (κ1) is 29.2. The van der Waals surface area contributed by atoms with Crippen LogP contribution in [0.25, 0.3) is 16.9 Å². The van der Waals surface area contributed by atoms with Gasteiger partial charge in [-0.3, -0.25) is 4.79 Å². The predicted molar refractivity (Wildman–Crippen MR) is 163 cm³/mol. The van der Waals surface area contributed by atoms with Crippen LogP contribution in [0.5, 0.6) is 0 Å². The van der Waals surface area contributed by atoms with Crippen molar-refractivity contribution in [2.75, 3.05) is 0 Å². The van der Waals surface area contributed by atoms with E-state index in [1.165, 1.54) is 0 Å². The van der Waals surface area contributed by atoms with Gasteiger partial charge in [-0.05, 0) is 68.5 Å². The molecule has 0 saturated heterocycles. The molecule has 4 aromatic rings. The minimum atomic E-state index is -0.880. The van der Waals surface area contributed by atoms with Gasteiger partial charge in [0.15, 0.2) is 5.69 Å². The zero-order chi connectivity index (χ0) is 28.9. The second-order valence-corrected chi connectivity index (χ2v) is 11.5. The third-order valence-electron chi connectivity index (χ3n) is 7.30. The van der Waals surface area contributed by atoms with Gasteiger partial charge in [-0.1, -0.05) is 83.7 Å². The minimum absolute atomic E-state index is 0.129. The zero-order valence-corrected chi connectivity index (χ0v) is 24.8. The molecule has 41 heavy (non-hydrogen) atoms. The zero-order valence-electron chi connectivity index (χ0n) is 22.6. The summed E-state index contributed by atoms with van der Waals surface area (Å²) in [6.07, 6.45) is 5.06. The Morgan fingerprint density at radius 1 is 0.951 bits per heavy atom. The van der Waals surface area contributed by atoms with E-state index in [1.54, 1.807) is 35.0 Å². The van der Waals surface area contributed by atoms with E-state index in [9.17, 15) is 9.59 Å². The van der Waals surface area contributed by atoms with Gasteiger partial charge in [-0.25, -0.2) is 9.48 Å². The Balaban J connectivity index is 1.50. The van der Waals surface area contributed by atoms with Crippen LogP contribution in [0.4, 0.5) is 0 Å². The fourth-order valence-corrected chi connectivity index (χ4v) is 5.80. The Morgan fingerprint density at radius 3 is 2.32 bits per heavy atom. The number of ether oxygens (including phenoxy) is 1. The lowest BCUT2D eigenvalue weighted by molar-refractivity contribution is -0.152. The number of nitrogens with one attached hydrogen (secondary N) is 1. The van der Waals surface area contributed by atoms with Gasteiger partial charge in [0, 0.05) is 27.6 Å². The number of nitrogens with zero attached hydrogens (tertiary/aromatic N) is 2. The summed E-state index contributed by atoms with van der Waals surface area (Å²) >= 11 is 18.9. The first-order valence-electron chi connectivity index (χ1n) is 13.7. The van der Waals surface area contributed by atoms with E-state index >= 15 is 0 Å². The van der Waals surface area contributed by atoms with Crippen molar-refractivity contribution in [3.63, 3.8) is 0 Å². The van der Waals surface area contributed by atoms with Gasteiger partial charge < -0.3 is 10.1 Å². The van der Waals surface area contributed by atoms with Crippen molar-refractivity contribution >= 4 is 46.7 Å². The second-order valence-electron chi connectivity index (χ2n) is 10.2. The van der Waals surface area contributed by atoms with Crippen LogP contribution in [0, 0.1) is 6.92 Å². The fraction of sp³-hybridized carbons (Fsp3) is 0.281. The maximum atomic E-state index is 13.8. The van der Waals surface area contributed by atoms with E-state index in [2.05, 4.69) is 5.32 Å². The van der Waals surface area contributed by atoms with Gasteiger partial charge in [0.25, 0.3) is 5.91 Å². The maximum Gasteiger partial charge on any atom is 0.329 e. The summed E-state index contributed by atoms with van der Waals surface area (Å²) in [5.74, 6) is -0.923. The van der Waals surface area contributed by atoms with E-state index < -0.39 is 17.9 Å². The van der Waals surface area contributed by atoms with Gasteiger partial charge in [-0.15, -0.1) is 0 Å². The molecular formula is C32H30Cl3N3O3. The highest BCUT2D eigenvalue weighted by atomic mass is 35.5. The average molecular weight is 611 g/mol. The second kappa shape index (κ2) is 13.1. The SMILES string of the molecule is Cc1c(C(=O)N[C@@H](Cc2ccccc2)C(=O)OC2CCCCC2)nn(-c2ccc(Cl)cc2Cl)c1-c1ccc(Cl)cc1. The lowest BCUT2D eigenvalue weighted by atomic mass is 9.97. The Labute approximate surface area is 254 Å². The number of aromatic nitrogens is 2. The number of carbonyl (C=O) groups is 2. The molecule has 0 radical (unpaired) electrons. The number of rotatable bonds is 8. The lowest BCUT2D eigenvalue weighted by Gasteiger charge is -2.25. The quantitative estimate of drug-likeness (QED) is 0.205. The summed E-state index contributed by atoms with van der Waals surface area (Å²) < 4.78 is 7.50. The number of benzene rings is 3. The highest BCUT2D eigenvalue weighted by Gasteiger charge is 2.30. The lowest BCUT2D eigenvalue weighted by Crippen LogP contribution is -2.45. The molecule has 3 aromatic carbocycles. The Bertz CT molecular complexity index is 1530. The molecule has 1 aliphatic rings. The minimum Gasteiger partial charge on any atom is -0.461 e. The first-order valence-corrected chi connectivity index (χ1v) is 14.8. The molecule has 1 aromatic heterocycles. The molecule has 0 aliphatic heterocycles. The molecular weight excluding hydrogens is 581 g/mol. The third kappa shape index (κ3) is 6.95. The molecule has 1 heterocycles. The Hall–Kier alpha value is -3.32. The highest BCUT2D eigenvalue weighted by Crippen LogP contribution is 2.33. The topological polar surface area (TPSA) is 73.2 Å². The molecule has 1 amide bonds. The third-order valence-corrected chi connectivity index (χ3v) is 8.09. The van der Waals surface area contributed by atoms with Crippen molar-refractivity contribution in [3.8, 4) is 16.9 Å². The van der Waals surface area contributed by atoms with Crippen LogP contribution in [0.15, 0.2) is 72.8 Å². The van der Waals surface area contributed by atoms with Crippen LogP contribution in [0.1, 0.15) is 53.7 Å². The summed E-state index contributed by atoms with van der Waals surface area (Å²) in [6, 6.07) is 21.0. The van der Waals surface area contributed by atoms with Crippen LogP contribution in [0.2, 0.25) is 15.1 Å². The average Bonchev–Trinajstić information content (AvgIpc) is 3.31. The molecule has 1 aliphatic carbocycles. The predicted octanol–water partition coefficient (Wildman–Crippen LogP) is 8.02. The molecule has 6 nitrogen and oxygen atoms in total. The van der Waals surface area contributed by atoms with Crippen molar-refractivity contribution < 1.29 is 14.3 Å². The van der Waals surface area contributed by atoms with E-state index in [-0.39, 0.29) is 11.8 Å². The molecule has 212 valence electrons. The van der Waals surface area contributed by atoms with Crippen molar-refractivity contribution in [3.05, 3.63) is 105 Å². The molecule has 1 saturated carbocycles. The molecule has 1 N–H and O–H groups in total. The number of carbonyl (C=O) groups excluding carboxylic acids is 2. The molecule has 0 unspecified atom stereocenters. The van der Waals surface area contributed by atoms with Crippen LogP contribution in [-0.4, -0.2) is 33.8 Å². The van der Waals surface area contributed by atoms with Gasteiger partial charge in [0.2, 0.25) is 0 Å². The van der Waals surface area contributed by atoms with E-state index in [0.717, 1.165) is 43.2 Å². The summed E-state index contributed by atoms with van der Waals surface area (Å²) in [7, 11) is 0. The highest BCUT2D eigenvalue weighted by molar-refractivity contribution is 6.35. The molecule has 9 heteroatoms. The van der Waals surface area contributed by atoms with Crippen molar-refractivity contribution in [2.24, 2.45) is 0 Å². The fourth-order valence-electron chi connectivity index (χ4n) is 5.18. The van der Waals surface area contributed by atoms with Gasteiger partial charge in [-0.2, -0.15) is 5.10 Å². The van der Waals surface area contributed by atoms with E-state index in [4.69, 9.17) is 44.6 Å². The Morgan fingerprint density at radius 2 is 1.63 bits per heavy atom. The standard InChI is InChI=1S/C32H30Cl3N3O3/c1-20-29(37-38(28-17-16-24(34)19-26(28)35)30(20)22-12-14-23(33)15-13-22)31(39)36-27(18-21-8-4-2-5-9-21)32(40)41-25-10-6-3-7-11-25/h2,4-5,8-9,12-17,19,25,27H,3,6-7,10-11,18H2,1H3,(H,36,39)/t27-/m0/s1. The normalized spacial score (nSPS) is 14.4. The first-order chi connectivity index (χ1) is 19.8. The van der Waals surface area contributed by atoms with Crippen LogP contribution in [0.3, 0.4) is 0 Å². The van der Waals surface area contributed by atoms with Crippen molar-refractivity contribution in [1.29, 1.82) is 0 Å². The maximum absolute atomic E-state index is 13.8. The van der Waals surface area contributed by atoms with Gasteiger partial charge in [0.05, 0.1) is 16.4 Å². The summed E-state index contributed by atoms with van der Waals surface area (Å²) in [4.78, 5) is 27.2. The Kier molecular flexibility index (Phi) is 9.33. The van der Waals surface area contributed by atoms with Gasteiger partial charge in [0.1, 0.15) is 12.1 Å². The smallest absolute Gasteiger partial charge is 0.329 e. The summed E-state index contributed by atoms with van der Waals surface area (Å²) in [5.41, 5.74) is 3.72. The summed E-state index contributed by atoms with van der Waals surface area (Å²) in [6.45, 7) is 1.82. The monoisotopic (exact) mass is 609 g/mol.